The number of nitrogens with one attached hydrogen (secondary N) is 1. The highest BCUT2D eigenvalue weighted by molar-refractivity contribution is 7.09. The molecule has 0 aliphatic rings. The van der Waals surface area contributed by atoms with Gasteiger partial charge in [0.25, 0.3) is 5.91 Å². The van der Waals surface area contributed by atoms with Gasteiger partial charge in [-0.15, -0.1) is 11.3 Å². The Kier molecular flexibility index (Phi) is 5.55. The van der Waals surface area contributed by atoms with E-state index in [1.54, 1.807) is 24.6 Å². The summed E-state index contributed by atoms with van der Waals surface area (Å²) in [6.07, 6.45) is 1.72. The lowest BCUT2D eigenvalue weighted by Gasteiger charge is -2.18. The lowest BCUT2D eigenvalue weighted by molar-refractivity contribution is 0.0941. The molecule has 4 aromatic rings. The number of hydrogen-bond acceptors (Lipinski definition) is 5. The van der Waals surface area contributed by atoms with Gasteiger partial charge in [-0.25, -0.2) is 9.67 Å². The van der Waals surface area contributed by atoms with Crippen LogP contribution >= 0.6 is 11.3 Å². The number of nitrogens with zero attached hydrogens (tertiary/aromatic N) is 3. The smallest absolute Gasteiger partial charge is 0.252 e. The van der Waals surface area contributed by atoms with Gasteiger partial charge in [-0.3, -0.25) is 4.79 Å². The minimum Gasteiger partial charge on any atom is -0.496 e. The standard InChI is InChI=1S/C23H24N4O2S/c1-14-7-8-21(29-4)18(10-14)16(3)26-23(28)19-11-15(2)25-22-20(19)12-24-27(22)13-17-6-5-9-30-17/h5-12,16H,13H2,1-4H3,(H,26,28)/t16-/m1/s1. The van der Waals surface area contributed by atoms with Gasteiger partial charge in [-0.2, -0.15) is 5.10 Å². The first-order chi connectivity index (χ1) is 14.5. The quantitative estimate of drug-likeness (QED) is 0.493. The van der Waals surface area contributed by atoms with Crippen LogP contribution in [0.5, 0.6) is 5.75 Å². The monoisotopic (exact) mass is 420 g/mol. The summed E-state index contributed by atoms with van der Waals surface area (Å²) in [6, 6.07) is 11.6. The molecule has 154 valence electrons. The molecule has 0 radical (unpaired) electrons. The summed E-state index contributed by atoms with van der Waals surface area (Å²) < 4.78 is 7.32. The molecule has 1 N–H and O–H groups in total. The number of carbonyl (C=O) groups is 1. The molecule has 0 aliphatic carbocycles. The Balaban J connectivity index is 1.65. The average molecular weight is 421 g/mol. The predicted molar refractivity (Wildman–Crippen MR) is 119 cm³/mol. The maximum Gasteiger partial charge on any atom is 0.252 e. The molecule has 4 rings (SSSR count). The maximum absolute atomic E-state index is 13.2. The van der Waals surface area contributed by atoms with Crippen molar-refractivity contribution in [3.63, 3.8) is 0 Å². The summed E-state index contributed by atoms with van der Waals surface area (Å²) in [7, 11) is 1.64. The highest BCUT2D eigenvalue weighted by Crippen LogP contribution is 2.27. The fraction of sp³-hybridized carbons (Fsp3) is 0.261. The van der Waals surface area contributed by atoms with Gasteiger partial charge in [0.2, 0.25) is 0 Å². The molecular weight excluding hydrogens is 396 g/mol. The zero-order valence-electron chi connectivity index (χ0n) is 17.5. The van der Waals surface area contributed by atoms with E-state index in [0.29, 0.717) is 17.8 Å². The molecule has 7 heteroatoms. The number of ether oxygens (including phenoxy) is 1. The Morgan fingerprint density at radius 3 is 2.83 bits per heavy atom. The van der Waals surface area contributed by atoms with Crippen LogP contribution in [0.15, 0.2) is 48.0 Å². The highest BCUT2D eigenvalue weighted by Gasteiger charge is 2.20. The van der Waals surface area contributed by atoms with E-state index < -0.39 is 0 Å². The molecule has 3 heterocycles. The van der Waals surface area contributed by atoms with Crippen LogP contribution in [0.4, 0.5) is 0 Å². The Morgan fingerprint density at radius 2 is 2.10 bits per heavy atom. The van der Waals surface area contributed by atoms with Crippen molar-refractivity contribution in [3.8, 4) is 5.75 Å². The van der Waals surface area contributed by atoms with Gasteiger partial charge in [-0.05, 0) is 44.4 Å². The van der Waals surface area contributed by atoms with E-state index in [9.17, 15) is 4.79 Å². The van der Waals surface area contributed by atoms with Crippen molar-refractivity contribution >= 4 is 28.3 Å². The van der Waals surface area contributed by atoms with Crippen molar-refractivity contribution in [2.75, 3.05) is 7.11 Å². The second-order valence-corrected chi connectivity index (χ2v) is 8.40. The zero-order chi connectivity index (χ0) is 21.3. The summed E-state index contributed by atoms with van der Waals surface area (Å²) in [6.45, 7) is 6.51. The summed E-state index contributed by atoms with van der Waals surface area (Å²) in [5, 5.41) is 10.4. The molecular formula is C23H24N4O2S. The molecule has 0 unspecified atom stereocenters. The van der Waals surface area contributed by atoms with Crippen molar-refractivity contribution in [2.24, 2.45) is 0 Å². The first-order valence-corrected chi connectivity index (χ1v) is 10.6. The zero-order valence-corrected chi connectivity index (χ0v) is 18.3. The summed E-state index contributed by atoms with van der Waals surface area (Å²) in [5.41, 5.74) is 4.13. The van der Waals surface area contributed by atoms with E-state index in [-0.39, 0.29) is 11.9 Å². The number of thiophene rings is 1. The predicted octanol–water partition coefficient (Wildman–Crippen LogP) is 4.66. The topological polar surface area (TPSA) is 69.0 Å². The molecule has 0 saturated carbocycles. The molecule has 0 fully saturated rings. The minimum atomic E-state index is -0.211. The van der Waals surface area contributed by atoms with Crippen LogP contribution in [0.1, 0.15) is 45.0 Å². The Labute approximate surface area is 179 Å². The van der Waals surface area contributed by atoms with Gasteiger partial charge in [-0.1, -0.05) is 23.8 Å². The first-order valence-electron chi connectivity index (χ1n) is 9.77. The second-order valence-electron chi connectivity index (χ2n) is 7.37. The third-order valence-electron chi connectivity index (χ3n) is 5.07. The fourth-order valence-electron chi connectivity index (χ4n) is 3.57. The highest BCUT2D eigenvalue weighted by atomic mass is 32.1. The molecule has 1 aromatic carbocycles. The Morgan fingerprint density at radius 1 is 1.27 bits per heavy atom. The van der Waals surface area contributed by atoms with Gasteiger partial charge < -0.3 is 10.1 Å². The van der Waals surface area contributed by atoms with Crippen LogP contribution in [0.25, 0.3) is 11.0 Å². The number of hydrogen-bond donors (Lipinski definition) is 1. The van der Waals surface area contributed by atoms with Crippen molar-refractivity contribution in [1.29, 1.82) is 0 Å². The van der Waals surface area contributed by atoms with Crippen molar-refractivity contribution < 1.29 is 9.53 Å². The molecule has 6 nitrogen and oxygen atoms in total. The van der Waals surface area contributed by atoms with E-state index in [1.165, 1.54) is 4.88 Å². The van der Waals surface area contributed by atoms with Gasteiger partial charge in [0, 0.05) is 16.1 Å². The number of aryl methyl sites for hydroxylation is 2. The average Bonchev–Trinajstić information content (AvgIpc) is 3.38. The van der Waals surface area contributed by atoms with Crippen LogP contribution in [0, 0.1) is 13.8 Å². The fourth-order valence-corrected chi connectivity index (χ4v) is 4.26. The van der Waals surface area contributed by atoms with E-state index in [1.807, 2.05) is 61.2 Å². The van der Waals surface area contributed by atoms with Crippen LogP contribution in [-0.4, -0.2) is 27.8 Å². The molecule has 1 atom stereocenters. The summed E-state index contributed by atoms with van der Waals surface area (Å²) in [5.74, 6) is 0.602. The molecule has 0 saturated heterocycles. The first kappa shape index (κ1) is 20.1. The van der Waals surface area contributed by atoms with E-state index >= 15 is 0 Å². The number of rotatable bonds is 6. The number of aromatic nitrogens is 3. The number of pyridine rings is 1. The number of carbonyl (C=O) groups excluding carboxylic acids is 1. The normalized spacial score (nSPS) is 12.1. The van der Waals surface area contributed by atoms with Gasteiger partial charge >= 0.3 is 0 Å². The Bertz CT molecular complexity index is 1200. The molecule has 0 aliphatic heterocycles. The van der Waals surface area contributed by atoms with Crippen LogP contribution in [0.3, 0.4) is 0 Å². The largest absolute Gasteiger partial charge is 0.496 e. The number of amides is 1. The lowest BCUT2D eigenvalue weighted by Crippen LogP contribution is -2.27. The number of fused-ring (bicyclic) bond motifs is 1. The second kappa shape index (κ2) is 8.28. The van der Waals surface area contributed by atoms with Crippen molar-refractivity contribution in [2.45, 2.75) is 33.4 Å². The summed E-state index contributed by atoms with van der Waals surface area (Å²) in [4.78, 5) is 19.0. The Hall–Kier alpha value is -3.19. The van der Waals surface area contributed by atoms with E-state index in [2.05, 4.69) is 21.5 Å². The van der Waals surface area contributed by atoms with Gasteiger partial charge in [0.05, 0.1) is 36.8 Å². The molecule has 3 aromatic heterocycles. The lowest BCUT2D eigenvalue weighted by atomic mass is 10.0. The van der Waals surface area contributed by atoms with Gasteiger partial charge in [0.1, 0.15) is 5.75 Å². The van der Waals surface area contributed by atoms with Crippen LogP contribution in [0.2, 0.25) is 0 Å². The van der Waals surface area contributed by atoms with Gasteiger partial charge in [0.15, 0.2) is 5.65 Å². The summed E-state index contributed by atoms with van der Waals surface area (Å²) >= 11 is 1.68. The minimum absolute atomic E-state index is 0.155. The molecule has 0 spiro atoms. The third kappa shape index (κ3) is 3.93. The van der Waals surface area contributed by atoms with Crippen LogP contribution < -0.4 is 10.1 Å². The molecule has 30 heavy (non-hydrogen) atoms. The van der Waals surface area contributed by atoms with Crippen molar-refractivity contribution in [3.05, 3.63) is 75.2 Å². The van der Waals surface area contributed by atoms with Crippen molar-refractivity contribution in [1.82, 2.24) is 20.1 Å². The molecule has 1 amide bonds. The molecule has 0 bridgehead atoms. The number of benzene rings is 1. The SMILES string of the molecule is COc1ccc(C)cc1[C@@H](C)NC(=O)c1cc(C)nc2c1cnn2Cc1cccs1. The maximum atomic E-state index is 13.2. The van der Waals surface area contributed by atoms with E-state index in [0.717, 1.165) is 28.0 Å². The van der Waals surface area contributed by atoms with E-state index in [4.69, 9.17) is 4.74 Å². The number of methoxy groups -OCH3 is 1. The third-order valence-corrected chi connectivity index (χ3v) is 5.93. The van der Waals surface area contributed by atoms with Crippen LogP contribution in [-0.2, 0) is 6.54 Å².